The van der Waals surface area contributed by atoms with E-state index < -0.39 is 8.32 Å². The van der Waals surface area contributed by atoms with Crippen LogP contribution in [0.15, 0.2) is 0 Å². The minimum atomic E-state index is -1.69. The molecule has 0 radical (unpaired) electrons. The molecule has 0 spiro atoms. The Morgan fingerprint density at radius 2 is 1.70 bits per heavy atom. The second-order valence-corrected chi connectivity index (χ2v) is 14.0. The lowest BCUT2D eigenvalue weighted by atomic mass is 9.60. The summed E-state index contributed by atoms with van der Waals surface area (Å²) in [7, 11) is -1.69. The third-order valence-electron chi connectivity index (χ3n) is 6.45. The summed E-state index contributed by atoms with van der Waals surface area (Å²) in [5.41, 5.74) is 0.315. The van der Waals surface area contributed by atoms with E-state index in [0.717, 1.165) is 19.4 Å². The Hall–Kier alpha value is 0.137. The zero-order valence-corrected chi connectivity index (χ0v) is 15.8. The molecule has 0 amide bonds. The Bertz CT molecular complexity index is 370. The minimum Gasteiger partial charge on any atom is -0.413 e. The van der Waals surface area contributed by atoms with Crippen LogP contribution in [0.3, 0.4) is 0 Å². The highest BCUT2D eigenvalue weighted by Gasteiger charge is 2.56. The Morgan fingerprint density at radius 1 is 1.10 bits per heavy atom. The van der Waals surface area contributed by atoms with Crippen LogP contribution in [0, 0.1) is 11.3 Å². The minimum absolute atomic E-state index is 0.0940. The van der Waals surface area contributed by atoms with Gasteiger partial charge in [0.25, 0.3) is 0 Å². The fraction of sp³-hybridized carbons (Fsp3) is 1.00. The van der Waals surface area contributed by atoms with Crippen LogP contribution < -0.4 is 0 Å². The van der Waals surface area contributed by atoms with E-state index in [1.165, 1.54) is 6.42 Å². The Morgan fingerprint density at radius 3 is 2.25 bits per heavy atom. The standard InChI is InChI=1S/C17H34O2Si/c1-15(2,3)20(7,8)19-14-9-11-17(6)13(10-12-18-17)16(14,4)5/h13-14H,9-12H2,1-8H3/t13-,14+,17-/m1/s1. The van der Waals surface area contributed by atoms with Crippen molar-refractivity contribution in [2.75, 3.05) is 6.61 Å². The van der Waals surface area contributed by atoms with E-state index in [4.69, 9.17) is 9.16 Å². The molecule has 2 aliphatic rings. The van der Waals surface area contributed by atoms with Gasteiger partial charge in [-0.05, 0) is 55.7 Å². The number of ether oxygens (including phenoxy) is 1. The van der Waals surface area contributed by atoms with Crippen LogP contribution in [-0.4, -0.2) is 26.6 Å². The lowest BCUT2D eigenvalue weighted by Gasteiger charge is -2.53. The summed E-state index contributed by atoms with van der Waals surface area (Å²) in [6, 6.07) is 0. The van der Waals surface area contributed by atoms with Crippen molar-refractivity contribution < 1.29 is 9.16 Å². The molecule has 1 saturated carbocycles. The number of hydrogen-bond acceptors (Lipinski definition) is 2. The molecule has 1 heterocycles. The van der Waals surface area contributed by atoms with E-state index in [2.05, 4.69) is 54.6 Å². The molecule has 3 heteroatoms. The molecule has 0 N–H and O–H groups in total. The lowest BCUT2D eigenvalue weighted by Crippen LogP contribution is -2.56. The molecule has 0 unspecified atom stereocenters. The SMILES string of the molecule is CC1(C)[C@@H](O[Si](C)(C)C(C)(C)C)CC[C@@]2(C)OCC[C@H]12. The Balaban J connectivity index is 2.19. The molecular weight excluding hydrogens is 264 g/mol. The fourth-order valence-corrected chi connectivity index (χ4v) is 5.46. The molecule has 0 bridgehead atoms. The van der Waals surface area contributed by atoms with Gasteiger partial charge in [-0.3, -0.25) is 0 Å². The number of fused-ring (bicyclic) bond motifs is 1. The monoisotopic (exact) mass is 298 g/mol. The highest BCUT2D eigenvalue weighted by atomic mass is 28.4. The van der Waals surface area contributed by atoms with Crippen LogP contribution in [-0.2, 0) is 9.16 Å². The largest absolute Gasteiger partial charge is 0.413 e. The van der Waals surface area contributed by atoms with Gasteiger partial charge in [-0.2, -0.15) is 0 Å². The van der Waals surface area contributed by atoms with E-state index in [-0.39, 0.29) is 16.1 Å². The number of hydrogen-bond donors (Lipinski definition) is 0. The zero-order valence-electron chi connectivity index (χ0n) is 14.8. The van der Waals surface area contributed by atoms with Gasteiger partial charge in [0.05, 0.1) is 11.7 Å². The predicted octanol–water partition coefficient (Wildman–Crippen LogP) is 4.99. The zero-order chi connectivity index (χ0) is 15.4. The third kappa shape index (κ3) is 2.61. The van der Waals surface area contributed by atoms with Crippen LogP contribution in [0.25, 0.3) is 0 Å². The molecule has 0 aromatic heterocycles. The maximum absolute atomic E-state index is 6.80. The molecule has 2 fully saturated rings. The second-order valence-electron chi connectivity index (χ2n) is 9.23. The first-order chi connectivity index (χ1) is 8.90. The average Bonchev–Trinajstić information content (AvgIpc) is 2.65. The molecule has 1 aliphatic carbocycles. The van der Waals surface area contributed by atoms with Crippen molar-refractivity contribution in [3.05, 3.63) is 0 Å². The summed E-state index contributed by atoms with van der Waals surface area (Å²) < 4.78 is 12.9. The summed E-state index contributed by atoms with van der Waals surface area (Å²) in [5, 5.41) is 0.288. The van der Waals surface area contributed by atoms with Crippen molar-refractivity contribution in [1.82, 2.24) is 0 Å². The average molecular weight is 299 g/mol. The molecule has 0 aromatic rings. The van der Waals surface area contributed by atoms with Gasteiger partial charge in [-0.15, -0.1) is 0 Å². The van der Waals surface area contributed by atoms with Gasteiger partial charge in [0.2, 0.25) is 0 Å². The van der Waals surface area contributed by atoms with Crippen molar-refractivity contribution in [3.63, 3.8) is 0 Å². The normalized spacial score (nSPS) is 37.8. The second kappa shape index (κ2) is 4.82. The highest BCUT2D eigenvalue weighted by molar-refractivity contribution is 6.74. The fourth-order valence-electron chi connectivity index (χ4n) is 3.98. The van der Waals surface area contributed by atoms with Gasteiger partial charge in [-0.25, -0.2) is 0 Å². The predicted molar refractivity (Wildman–Crippen MR) is 87.5 cm³/mol. The molecule has 0 aromatic carbocycles. The van der Waals surface area contributed by atoms with E-state index in [1.807, 2.05) is 0 Å². The van der Waals surface area contributed by atoms with Crippen molar-refractivity contribution in [3.8, 4) is 0 Å². The van der Waals surface area contributed by atoms with Gasteiger partial charge in [-0.1, -0.05) is 34.6 Å². The third-order valence-corrected chi connectivity index (χ3v) is 10.9. The summed E-state index contributed by atoms with van der Waals surface area (Å²) in [6.07, 6.45) is 3.89. The van der Waals surface area contributed by atoms with Gasteiger partial charge < -0.3 is 9.16 Å². The van der Waals surface area contributed by atoms with Gasteiger partial charge >= 0.3 is 0 Å². The topological polar surface area (TPSA) is 18.5 Å². The first-order valence-electron chi connectivity index (χ1n) is 8.22. The first-order valence-corrected chi connectivity index (χ1v) is 11.1. The van der Waals surface area contributed by atoms with Crippen LogP contribution in [0.1, 0.15) is 60.8 Å². The maximum Gasteiger partial charge on any atom is 0.192 e. The van der Waals surface area contributed by atoms with E-state index in [9.17, 15) is 0 Å². The number of rotatable bonds is 2. The van der Waals surface area contributed by atoms with E-state index in [1.54, 1.807) is 0 Å². The maximum atomic E-state index is 6.80. The quantitative estimate of drug-likeness (QED) is 0.668. The molecule has 20 heavy (non-hydrogen) atoms. The lowest BCUT2D eigenvalue weighted by molar-refractivity contribution is -0.118. The van der Waals surface area contributed by atoms with E-state index in [0.29, 0.717) is 12.0 Å². The molecule has 2 rings (SSSR count). The van der Waals surface area contributed by atoms with Crippen LogP contribution in [0.2, 0.25) is 18.1 Å². The van der Waals surface area contributed by atoms with Crippen LogP contribution in [0.4, 0.5) is 0 Å². The van der Waals surface area contributed by atoms with Crippen molar-refractivity contribution in [2.45, 2.75) is 90.6 Å². The van der Waals surface area contributed by atoms with Crippen molar-refractivity contribution in [1.29, 1.82) is 0 Å². The molecule has 3 atom stereocenters. The summed E-state index contributed by atoms with van der Waals surface area (Å²) in [6.45, 7) is 19.8. The van der Waals surface area contributed by atoms with Gasteiger partial charge in [0.15, 0.2) is 8.32 Å². The molecule has 118 valence electrons. The first kappa shape index (κ1) is 16.5. The van der Waals surface area contributed by atoms with Gasteiger partial charge in [0, 0.05) is 6.61 Å². The summed E-state index contributed by atoms with van der Waals surface area (Å²) in [5.74, 6) is 0.638. The van der Waals surface area contributed by atoms with Crippen molar-refractivity contribution >= 4 is 8.32 Å². The molecule has 1 aliphatic heterocycles. The molecular formula is C17H34O2Si. The van der Waals surface area contributed by atoms with Crippen molar-refractivity contribution in [2.24, 2.45) is 11.3 Å². The van der Waals surface area contributed by atoms with E-state index >= 15 is 0 Å². The van der Waals surface area contributed by atoms with Crippen LogP contribution in [0.5, 0.6) is 0 Å². The summed E-state index contributed by atoms with van der Waals surface area (Å²) >= 11 is 0. The smallest absolute Gasteiger partial charge is 0.192 e. The molecule has 2 nitrogen and oxygen atoms in total. The Kier molecular flexibility index (Phi) is 3.98. The summed E-state index contributed by atoms with van der Waals surface area (Å²) in [4.78, 5) is 0. The van der Waals surface area contributed by atoms with Gasteiger partial charge in [0.1, 0.15) is 0 Å². The highest BCUT2D eigenvalue weighted by Crippen LogP contribution is 2.55. The van der Waals surface area contributed by atoms with Crippen LogP contribution >= 0.6 is 0 Å². The molecule has 1 saturated heterocycles. The Labute approximate surface area is 126 Å².